The molecule has 0 aromatic rings. The van der Waals surface area contributed by atoms with Crippen LogP contribution in [-0.2, 0) is 9.53 Å². The van der Waals surface area contributed by atoms with Gasteiger partial charge in [-0.3, -0.25) is 9.69 Å². The Morgan fingerprint density at radius 3 is 2.74 bits per heavy atom. The van der Waals surface area contributed by atoms with Crippen LogP contribution in [0.4, 0.5) is 13.2 Å². The number of carbonyl (C=O) groups excluding carboxylic acids is 1. The van der Waals surface area contributed by atoms with E-state index in [-0.39, 0.29) is 19.0 Å². The van der Waals surface area contributed by atoms with Crippen LogP contribution in [0.5, 0.6) is 0 Å². The summed E-state index contributed by atoms with van der Waals surface area (Å²) in [5.74, 6) is -2.44. The Bertz CT molecular complexity index is 352. The summed E-state index contributed by atoms with van der Waals surface area (Å²) >= 11 is 0. The molecule has 1 aliphatic rings. The van der Waals surface area contributed by atoms with Crippen LogP contribution >= 0.6 is 0 Å². The second-order valence-electron chi connectivity index (χ2n) is 4.65. The minimum atomic E-state index is -4.53. The molecule has 1 aliphatic heterocycles. The van der Waals surface area contributed by atoms with Gasteiger partial charge in [-0.05, 0) is 19.4 Å². The van der Waals surface area contributed by atoms with Gasteiger partial charge in [0.1, 0.15) is 0 Å². The Hall–Kier alpha value is -1.29. The Kier molecular flexibility index (Phi) is 5.60. The molecule has 0 bridgehead atoms. The van der Waals surface area contributed by atoms with Crippen molar-refractivity contribution in [2.75, 3.05) is 20.2 Å². The number of piperidine rings is 1. The highest BCUT2D eigenvalue weighted by Crippen LogP contribution is 2.29. The Morgan fingerprint density at radius 2 is 2.21 bits per heavy atom. The quantitative estimate of drug-likeness (QED) is 0.739. The Morgan fingerprint density at radius 1 is 1.53 bits per heavy atom. The lowest BCUT2D eigenvalue weighted by Gasteiger charge is -2.36. The van der Waals surface area contributed by atoms with Crippen molar-refractivity contribution in [3.05, 3.63) is 0 Å². The van der Waals surface area contributed by atoms with Crippen molar-refractivity contribution in [3.63, 3.8) is 0 Å². The van der Waals surface area contributed by atoms with Gasteiger partial charge in [-0.1, -0.05) is 6.42 Å². The molecule has 19 heavy (non-hydrogen) atoms. The first-order valence-electron chi connectivity index (χ1n) is 6.15. The molecule has 2 atom stereocenters. The third-order valence-corrected chi connectivity index (χ3v) is 3.35. The van der Waals surface area contributed by atoms with E-state index in [1.807, 2.05) is 0 Å². The van der Waals surface area contributed by atoms with Crippen LogP contribution in [0.25, 0.3) is 0 Å². The molecule has 1 rings (SSSR count). The van der Waals surface area contributed by atoms with Gasteiger partial charge in [0.05, 0.1) is 19.6 Å². The summed E-state index contributed by atoms with van der Waals surface area (Å²) in [6.45, 7) is 0.109. The van der Waals surface area contributed by atoms with Gasteiger partial charge in [0.2, 0.25) is 0 Å². The number of carbonyl (C=O) groups is 1. The van der Waals surface area contributed by atoms with E-state index >= 15 is 0 Å². The molecule has 1 saturated heterocycles. The molecular formula is C12H17F3N2O2. The number of hydrogen-bond donors (Lipinski definition) is 0. The maximum absolute atomic E-state index is 12.6. The Labute approximate surface area is 110 Å². The molecule has 1 heterocycles. The minimum absolute atomic E-state index is 0.0759. The van der Waals surface area contributed by atoms with Crippen LogP contribution in [0.2, 0.25) is 0 Å². The number of halogens is 3. The van der Waals surface area contributed by atoms with Crippen molar-refractivity contribution in [2.24, 2.45) is 5.92 Å². The zero-order valence-corrected chi connectivity index (χ0v) is 10.7. The topological polar surface area (TPSA) is 53.3 Å². The number of nitriles is 1. The maximum atomic E-state index is 12.6. The molecule has 0 saturated carbocycles. The first-order valence-corrected chi connectivity index (χ1v) is 6.15. The molecule has 7 heteroatoms. The van der Waals surface area contributed by atoms with E-state index in [9.17, 15) is 18.0 Å². The van der Waals surface area contributed by atoms with Crippen molar-refractivity contribution < 1.29 is 22.7 Å². The number of esters is 1. The van der Waals surface area contributed by atoms with Gasteiger partial charge in [-0.15, -0.1) is 0 Å². The lowest BCUT2D eigenvalue weighted by Crippen LogP contribution is -2.45. The molecular weight excluding hydrogens is 261 g/mol. The average Bonchev–Trinajstić information content (AvgIpc) is 2.36. The van der Waals surface area contributed by atoms with Crippen LogP contribution in [0.15, 0.2) is 0 Å². The molecule has 0 aromatic carbocycles. The fourth-order valence-corrected chi connectivity index (χ4v) is 2.26. The van der Waals surface area contributed by atoms with Crippen molar-refractivity contribution in [2.45, 2.75) is 37.9 Å². The normalized spacial score (nSPS) is 22.6. The molecule has 0 N–H and O–H groups in total. The summed E-state index contributed by atoms with van der Waals surface area (Å²) in [6.07, 6.45) is -2.13. The van der Waals surface area contributed by atoms with Crippen molar-refractivity contribution in [3.8, 4) is 6.07 Å². The Balaban J connectivity index is 2.67. The summed E-state index contributed by atoms with van der Waals surface area (Å²) in [6, 6.07) is 1.03. The monoisotopic (exact) mass is 278 g/mol. The smallest absolute Gasteiger partial charge is 0.405 e. The lowest BCUT2D eigenvalue weighted by molar-refractivity contribution is -0.165. The second kappa shape index (κ2) is 6.75. The number of nitrogens with zero attached hydrogens (tertiary/aromatic N) is 2. The highest BCUT2D eigenvalue weighted by molar-refractivity contribution is 5.69. The van der Waals surface area contributed by atoms with Gasteiger partial charge in [0.15, 0.2) is 5.92 Å². The molecule has 0 spiro atoms. The molecule has 0 aromatic heterocycles. The van der Waals surface area contributed by atoms with E-state index in [0.29, 0.717) is 13.0 Å². The predicted octanol–water partition coefficient (Wildman–Crippen LogP) is 2.11. The maximum Gasteiger partial charge on any atom is 0.405 e. The van der Waals surface area contributed by atoms with E-state index in [1.54, 1.807) is 4.90 Å². The summed E-state index contributed by atoms with van der Waals surface area (Å²) in [4.78, 5) is 12.8. The van der Waals surface area contributed by atoms with Crippen LogP contribution < -0.4 is 0 Å². The molecule has 0 amide bonds. The van der Waals surface area contributed by atoms with Gasteiger partial charge in [-0.2, -0.15) is 18.4 Å². The zero-order valence-electron chi connectivity index (χ0n) is 10.7. The molecule has 0 radical (unpaired) electrons. The second-order valence-corrected chi connectivity index (χ2v) is 4.65. The number of alkyl halides is 3. The largest absolute Gasteiger partial charge is 0.469 e. The first-order chi connectivity index (χ1) is 8.88. The fraction of sp³-hybridized carbons (Fsp3) is 0.833. The van der Waals surface area contributed by atoms with E-state index in [0.717, 1.165) is 12.8 Å². The zero-order chi connectivity index (χ0) is 14.5. The van der Waals surface area contributed by atoms with Crippen molar-refractivity contribution in [1.29, 1.82) is 5.26 Å². The van der Waals surface area contributed by atoms with Gasteiger partial charge in [0, 0.05) is 12.6 Å². The summed E-state index contributed by atoms with van der Waals surface area (Å²) in [5.41, 5.74) is 0. The summed E-state index contributed by atoms with van der Waals surface area (Å²) < 4.78 is 42.3. The first kappa shape index (κ1) is 15.8. The summed E-state index contributed by atoms with van der Waals surface area (Å²) in [7, 11) is 1.25. The van der Waals surface area contributed by atoms with Gasteiger partial charge < -0.3 is 4.74 Å². The van der Waals surface area contributed by atoms with Gasteiger partial charge >= 0.3 is 12.1 Å². The van der Waals surface area contributed by atoms with E-state index in [1.165, 1.54) is 13.2 Å². The van der Waals surface area contributed by atoms with E-state index in [4.69, 9.17) is 5.26 Å². The number of ether oxygens (including phenoxy) is 1. The van der Waals surface area contributed by atoms with Gasteiger partial charge in [0.25, 0.3) is 0 Å². The third kappa shape index (κ3) is 4.71. The number of rotatable bonds is 4. The highest BCUT2D eigenvalue weighted by Gasteiger charge is 2.42. The fourth-order valence-electron chi connectivity index (χ4n) is 2.26. The van der Waals surface area contributed by atoms with Crippen molar-refractivity contribution in [1.82, 2.24) is 4.90 Å². The molecule has 108 valence electrons. The minimum Gasteiger partial charge on any atom is -0.469 e. The van der Waals surface area contributed by atoms with Crippen molar-refractivity contribution >= 4 is 5.97 Å². The van der Waals surface area contributed by atoms with Crippen LogP contribution in [0.3, 0.4) is 0 Å². The highest BCUT2D eigenvalue weighted by atomic mass is 19.4. The lowest BCUT2D eigenvalue weighted by atomic mass is 9.97. The average molecular weight is 278 g/mol. The van der Waals surface area contributed by atoms with Crippen LogP contribution in [0.1, 0.15) is 25.7 Å². The SMILES string of the molecule is COC(=O)CC1CCCCN1CC(C#N)C(F)(F)F. The number of hydrogen-bond acceptors (Lipinski definition) is 4. The molecule has 4 nitrogen and oxygen atoms in total. The van der Waals surface area contributed by atoms with E-state index in [2.05, 4.69) is 4.74 Å². The predicted molar refractivity (Wildman–Crippen MR) is 61.0 cm³/mol. The van der Waals surface area contributed by atoms with Gasteiger partial charge in [-0.25, -0.2) is 0 Å². The standard InChI is InChI=1S/C12H17F3N2O2/c1-19-11(18)6-10-4-2-3-5-17(10)8-9(7-16)12(13,14)15/h9-10H,2-6,8H2,1H3. The van der Waals surface area contributed by atoms with Crippen LogP contribution in [-0.4, -0.2) is 43.3 Å². The number of methoxy groups -OCH3 is 1. The molecule has 1 fully saturated rings. The summed E-state index contributed by atoms with van der Waals surface area (Å²) in [5, 5.41) is 8.62. The third-order valence-electron chi connectivity index (χ3n) is 3.35. The number of likely N-dealkylation sites (tertiary alicyclic amines) is 1. The molecule has 2 unspecified atom stereocenters. The van der Waals surface area contributed by atoms with E-state index < -0.39 is 18.1 Å². The molecule has 0 aliphatic carbocycles. The van der Waals surface area contributed by atoms with Crippen LogP contribution in [0, 0.1) is 17.2 Å².